The molecule has 0 spiro atoms. The van der Waals surface area contributed by atoms with Gasteiger partial charge in [0.25, 0.3) is 0 Å². The second-order valence-corrected chi connectivity index (χ2v) is 2.87. The molecule has 2 aromatic heterocycles. The summed E-state index contributed by atoms with van der Waals surface area (Å²) in [6, 6.07) is 7.99. The molecule has 2 aromatic rings. The summed E-state index contributed by atoms with van der Waals surface area (Å²) >= 11 is 0. The molecular weight excluding hydrogens is 160 g/mol. The van der Waals surface area contributed by atoms with Crippen molar-refractivity contribution in [2.24, 2.45) is 0 Å². The molecule has 0 aliphatic carbocycles. The molecule has 0 aliphatic rings. The van der Waals surface area contributed by atoms with Gasteiger partial charge in [-0.3, -0.25) is 9.97 Å². The summed E-state index contributed by atoms with van der Waals surface area (Å²) in [5.41, 5.74) is 3.39. The first-order chi connectivity index (χ1) is 6.38. The third-order valence-corrected chi connectivity index (χ3v) is 2.00. The van der Waals surface area contributed by atoms with Crippen LogP contribution in [0.25, 0.3) is 11.1 Å². The van der Waals surface area contributed by atoms with Crippen LogP contribution in [0.5, 0.6) is 0 Å². The Hall–Kier alpha value is -1.70. The van der Waals surface area contributed by atoms with E-state index < -0.39 is 0 Å². The first-order valence-corrected chi connectivity index (χ1v) is 4.20. The number of hydrogen-bond donors (Lipinski definition) is 0. The van der Waals surface area contributed by atoms with Crippen molar-refractivity contribution in [2.75, 3.05) is 0 Å². The van der Waals surface area contributed by atoms with Gasteiger partial charge in [-0.2, -0.15) is 0 Å². The van der Waals surface area contributed by atoms with Crippen LogP contribution < -0.4 is 0 Å². The average Bonchev–Trinajstić information content (AvgIpc) is 2.20. The number of hydrogen-bond acceptors (Lipinski definition) is 2. The minimum Gasteiger partial charge on any atom is -0.265 e. The quantitative estimate of drug-likeness (QED) is 0.657. The fraction of sp³-hybridized carbons (Fsp3) is 0.0909. The molecule has 2 nitrogen and oxygen atoms in total. The number of aromatic nitrogens is 2. The number of aryl methyl sites for hydroxylation is 1. The molecule has 64 valence electrons. The largest absolute Gasteiger partial charge is 0.265 e. The summed E-state index contributed by atoms with van der Waals surface area (Å²) in [6.07, 6.45) is 5.39. The predicted molar refractivity (Wildman–Crippen MR) is 52.2 cm³/mol. The lowest BCUT2D eigenvalue weighted by Crippen LogP contribution is -1.85. The van der Waals surface area contributed by atoms with Crippen LogP contribution in [0.2, 0.25) is 0 Å². The van der Waals surface area contributed by atoms with Gasteiger partial charge in [-0.25, -0.2) is 0 Å². The molecule has 0 unspecified atom stereocenters. The van der Waals surface area contributed by atoms with E-state index in [1.54, 1.807) is 18.6 Å². The Morgan fingerprint density at radius 2 is 1.77 bits per heavy atom. The molecule has 0 saturated carbocycles. The molecule has 0 radical (unpaired) electrons. The highest BCUT2D eigenvalue weighted by molar-refractivity contribution is 5.64. The highest BCUT2D eigenvalue weighted by atomic mass is 14.7. The summed E-state index contributed by atoms with van der Waals surface area (Å²) in [6.45, 7) is 2.01. The van der Waals surface area contributed by atoms with E-state index in [0.29, 0.717) is 0 Å². The van der Waals surface area contributed by atoms with Crippen LogP contribution in [-0.2, 0) is 0 Å². The van der Waals surface area contributed by atoms with E-state index >= 15 is 0 Å². The summed E-state index contributed by atoms with van der Waals surface area (Å²) in [5.74, 6) is 0. The second kappa shape index (κ2) is 3.35. The van der Waals surface area contributed by atoms with E-state index in [-0.39, 0.29) is 0 Å². The van der Waals surface area contributed by atoms with Crippen LogP contribution in [0.4, 0.5) is 0 Å². The first kappa shape index (κ1) is 7.92. The van der Waals surface area contributed by atoms with Crippen molar-refractivity contribution in [3.05, 3.63) is 48.5 Å². The van der Waals surface area contributed by atoms with Gasteiger partial charge in [0.15, 0.2) is 0 Å². The van der Waals surface area contributed by atoms with Gasteiger partial charge in [-0.1, -0.05) is 6.07 Å². The Kier molecular flexibility index (Phi) is 2.04. The van der Waals surface area contributed by atoms with Gasteiger partial charge in [-0.05, 0) is 30.7 Å². The van der Waals surface area contributed by atoms with Crippen molar-refractivity contribution in [2.45, 2.75) is 6.92 Å². The van der Waals surface area contributed by atoms with Gasteiger partial charge in [-0.15, -0.1) is 0 Å². The maximum atomic E-state index is 4.24. The van der Waals surface area contributed by atoms with Crippen LogP contribution in [0.3, 0.4) is 0 Å². The maximum absolute atomic E-state index is 4.24. The van der Waals surface area contributed by atoms with E-state index in [4.69, 9.17) is 0 Å². The highest BCUT2D eigenvalue weighted by Gasteiger charge is 1.99. The van der Waals surface area contributed by atoms with Crippen molar-refractivity contribution >= 4 is 0 Å². The van der Waals surface area contributed by atoms with Crippen LogP contribution in [0.15, 0.2) is 42.9 Å². The predicted octanol–water partition coefficient (Wildman–Crippen LogP) is 2.45. The lowest BCUT2D eigenvalue weighted by molar-refractivity contribution is 1.20. The van der Waals surface area contributed by atoms with Crippen molar-refractivity contribution in [3.8, 4) is 11.1 Å². The van der Waals surface area contributed by atoms with Crippen LogP contribution in [-0.4, -0.2) is 9.97 Å². The number of nitrogens with zero attached hydrogens (tertiary/aromatic N) is 2. The third kappa shape index (κ3) is 1.56. The molecule has 2 heterocycles. The monoisotopic (exact) mass is 170 g/mol. The zero-order valence-corrected chi connectivity index (χ0v) is 7.44. The van der Waals surface area contributed by atoms with Gasteiger partial charge in [0, 0.05) is 29.8 Å². The first-order valence-electron chi connectivity index (χ1n) is 4.20. The van der Waals surface area contributed by atoms with Gasteiger partial charge in [0.1, 0.15) is 0 Å². The SMILES string of the molecule is Cc1ncccc1-c1ccncc1. The second-order valence-electron chi connectivity index (χ2n) is 2.87. The van der Waals surface area contributed by atoms with E-state index in [1.165, 1.54) is 11.1 Å². The summed E-state index contributed by atoms with van der Waals surface area (Å²) in [4.78, 5) is 8.22. The molecule has 0 bridgehead atoms. The Bertz CT molecular complexity index is 396. The molecule has 0 saturated heterocycles. The van der Waals surface area contributed by atoms with Crippen molar-refractivity contribution < 1.29 is 0 Å². The molecule has 0 atom stereocenters. The zero-order valence-electron chi connectivity index (χ0n) is 7.44. The lowest BCUT2D eigenvalue weighted by atomic mass is 10.1. The Balaban J connectivity index is 2.54. The van der Waals surface area contributed by atoms with E-state index in [0.717, 1.165) is 5.69 Å². The Morgan fingerprint density at radius 3 is 2.46 bits per heavy atom. The van der Waals surface area contributed by atoms with Gasteiger partial charge < -0.3 is 0 Å². The van der Waals surface area contributed by atoms with E-state index in [9.17, 15) is 0 Å². The van der Waals surface area contributed by atoms with E-state index in [1.807, 2.05) is 25.1 Å². The summed E-state index contributed by atoms with van der Waals surface area (Å²) in [7, 11) is 0. The molecule has 2 heteroatoms. The van der Waals surface area contributed by atoms with Crippen molar-refractivity contribution in [1.29, 1.82) is 0 Å². The minimum absolute atomic E-state index is 1.05. The maximum Gasteiger partial charge on any atom is 0.0450 e. The molecule has 0 N–H and O–H groups in total. The Morgan fingerprint density at radius 1 is 1.00 bits per heavy atom. The van der Waals surface area contributed by atoms with Crippen LogP contribution in [0.1, 0.15) is 5.69 Å². The molecule has 0 aromatic carbocycles. The van der Waals surface area contributed by atoms with Crippen LogP contribution >= 0.6 is 0 Å². The minimum atomic E-state index is 1.05. The average molecular weight is 170 g/mol. The van der Waals surface area contributed by atoms with E-state index in [2.05, 4.69) is 16.0 Å². The number of rotatable bonds is 1. The zero-order chi connectivity index (χ0) is 9.10. The lowest BCUT2D eigenvalue weighted by Gasteiger charge is -2.02. The van der Waals surface area contributed by atoms with Gasteiger partial charge in [0.05, 0.1) is 0 Å². The molecule has 0 fully saturated rings. The van der Waals surface area contributed by atoms with Crippen molar-refractivity contribution in [3.63, 3.8) is 0 Å². The topological polar surface area (TPSA) is 25.8 Å². The van der Waals surface area contributed by atoms with Gasteiger partial charge >= 0.3 is 0 Å². The smallest absolute Gasteiger partial charge is 0.0450 e. The molecule has 2 rings (SSSR count). The normalized spacial score (nSPS) is 9.92. The van der Waals surface area contributed by atoms with Gasteiger partial charge in [0.2, 0.25) is 0 Å². The van der Waals surface area contributed by atoms with Crippen LogP contribution in [0, 0.1) is 6.92 Å². The summed E-state index contributed by atoms with van der Waals surface area (Å²) in [5, 5.41) is 0. The standard InChI is InChI=1S/C11H10N2/c1-9-11(3-2-6-13-9)10-4-7-12-8-5-10/h2-8H,1H3. The fourth-order valence-corrected chi connectivity index (χ4v) is 1.32. The summed E-state index contributed by atoms with van der Waals surface area (Å²) < 4.78 is 0. The molecule has 0 aliphatic heterocycles. The molecule has 13 heavy (non-hydrogen) atoms. The molecule has 0 amide bonds. The fourth-order valence-electron chi connectivity index (χ4n) is 1.32. The van der Waals surface area contributed by atoms with Crippen molar-refractivity contribution in [1.82, 2.24) is 9.97 Å². The molecular formula is C11H10N2. The Labute approximate surface area is 77.3 Å². The third-order valence-electron chi connectivity index (χ3n) is 2.00. The highest BCUT2D eigenvalue weighted by Crippen LogP contribution is 2.19. The number of pyridine rings is 2.